The molecular weight excluding hydrogens is 255 g/mol. The van der Waals surface area contributed by atoms with Crippen LogP contribution in [0.1, 0.15) is 40.0 Å². The second-order valence-electron chi connectivity index (χ2n) is 5.55. The van der Waals surface area contributed by atoms with Crippen LogP contribution in [0.15, 0.2) is 0 Å². The lowest BCUT2D eigenvalue weighted by atomic mass is 9.94. The van der Waals surface area contributed by atoms with E-state index in [0.29, 0.717) is 13.0 Å². The fraction of sp³-hybridized carbons (Fsp3) is 0.923. The van der Waals surface area contributed by atoms with Crippen molar-refractivity contribution in [1.29, 1.82) is 5.26 Å². The zero-order chi connectivity index (χ0) is 14.7. The molecular formula is C13H22F3N3. The Bertz CT molecular complexity index is 333. The minimum atomic E-state index is -4.18. The van der Waals surface area contributed by atoms with Crippen LogP contribution in [0.4, 0.5) is 13.2 Å². The van der Waals surface area contributed by atoms with E-state index in [4.69, 9.17) is 0 Å². The molecule has 3 nitrogen and oxygen atoms in total. The Morgan fingerprint density at radius 1 is 1.42 bits per heavy atom. The van der Waals surface area contributed by atoms with E-state index in [1.807, 2.05) is 6.92 Å². The van der Waals surface area contributed by atoms with E-state index in [1.165, 1.54) is 4.90 Å². The smallest absolute Gasteiger partial charge is 0.300 e. The predicted octanol–water partition coefficient (Wildman–Crippen LogP) is 2.68. The lowest BCUT2D eigenvalue weighted by Gasteiger charge is -2.34. The Morgan fingerprint density at radius 2 is 2.00 bits per heavy atom. The van der Waals surface area contributed by atoms with Crippen LogP contribution < -0.4 is 5.32 Å². The summed E-state index contributed by atoms with van der Waals surface area (Å²) in [5, 5.41) is 12.2. The second kappa shape index (κ2) is 6.10. The van der Waals surface area contributed by atoms with Gasteiger partial charge >= 0.3 is 6.18 Å². The molecule has 1 fully saturated rings. The maximum atomic E-state index is 12.6. The average Bonchev–Trinajstić information content (AvgIpc) is 3.08. The molecule has 0 bridgehead atoms. The summed E-state index contributed by atoms with van der Waals surface area (Å²) in [6.07, 6.45) is -2.14. The first-order valence-corrected chi connectivity index (χ1v) is 6.69. The van der Waals surface area contributed by atoms with Crippen molar-refractivity contribution in [3.05, 3.63) is 0 Å². The van der Waals surface area contributed by atoms with E-state index in [2.05, 4.69) is 11.4 Å². The first-order valence-electron chi connectivity index (χ1n) is 6.69. The molecule has 0 heterocycles. The standard InChI is InChI=1S/C13H22F3N3/c1-4-18-12(3,8-17)7-10(2)19(11-5-6-11)9-13(14,15)16/h10-11,18H,4-7,9H2,1-3H3. The summed E-state index contributed by atoms with van der Waals surface area (Å²) in [6, 6.07) is 1.93. The molecule has 0 saturated heterocycles. The van der Waals surface area contributed by atoms with Crippen molar-refractivity contribution < 1.29 is 13.2 Å². The summed E-state index contributed by atoms with van der Waals surface area (Å²) in [6.45, 7) is 5.14. The Balaban J connectivity index is 2.67. The SMILES string of the molecule is CCNC(C)(C#N)CC(C)N(CC(F)(F)F)C1CC1. The number of hydrogen-bond donors (Lipinski definition) is 1. The van der Waals surface area contributed by atoms with E-state index in [0.717, 1.165) is 12.8 Å². The third kappa shape index (κ3) is 5.37. The number of hydrogen-bond acceptors (Lipinski definition) is 3. The number of halogens is 3. The molecule has 0 aromatic heterocycles. The molecule has 1 aliphatic carbocycles. The maximum absolute atomic E-state index is 12.6. The molecule has 1 N–H and O–H groups in total. The van der Waals surface area contributed by atoms with Gasteiger partial charge in [-0.2, -0.15) is 18.4 Å². The summed E-state index contributed by atoms with van der Waals surface area (Å²) in [5.41, 5.74) is -0.771. The Kier molecular flexibility index (Phi) is 5.22. The highest BCUT2D eigenvalue weighted by Gasteiger charge is 2.41. The van der Waals surface area contributed by atoms with Gasteiger partial charge in [-0.25, -0.2) is 0 Å². The van der Waals surface area contributed by atoms with Crippen LogP contribution >= 0.6 is 0 Å². The van der Waals surface area contributed by atoms with Crippen LogP contribution in [0.3, 0.4) is 0 Å². The minimum absolute atomic E-state index is 0.0289. The largest absolute Gasteiger partial charge is 0.401 e. The third-order valence-electron chi connectivity index (χ3n) is 3.46. The molecule has 19 heavy (non-hydrogen) atoms. The number of alkyl halides is 3. The van der Waals surface area contributed by atoms with E-state index in [-0.39, 0.29) is 12.1 Å². The minimum Gasteiger partial charge on any atom is -0.300 e. The third-order valence-corrected chi connectivity index (χ3v) is 3.46. The molecule has 0 radical (unpaired) electrons. The lowest BCUT2D eigenvalue weighted by Crippen LogP contribution is -2.49. The second-order valence-corrected chi connectivity index (χ2v) is 5.55. The first kappa shape index (κ1) is 16.3. The summed E-state index contributed by atoms with van der Waals surface area (Å²) in [4.78, 5) is 1.49. The van der Waals surface area contributed by atoms with Gasteiger partial charge < -0.3 is 0 Å². The fourth-order valence-corrected chi connectivity index (χ4v) is 2.51. The van der Waals surface area contributed by atoms with Gasteiger partial charge in [-0.3, -0.25) is 10.2 Å². The predicted molar refractivity (Wildman–Crippen MR) is 67.6 cm³/mol. The molecule has 1 rings (SSSR count). The highest BCUT2D eigenvalue weighted by Crippen LogP contribution is 2.33. The number of rotatable bonds is 7. The Labute approximate surface area is 112 Å². The van der Waals surface area contributed by atoms with Crippen molar-refractivity contribution in [2.45, 2.75) is 63.8 Å². The summed E-state index contributed by atoms with van der Waals surface area (Å²) >= 11 is 0. The number of nitrogens with zero attached hydrogens (tertiary/aromatic N) is 2. The van der Waals surface area contributed by atoms with Gasteiger partial charge in [-0.05, 0) is 39.7 Å². The zero-order valence-electron chi connectivity index (χ0n) is 11.7. The van der Waals surface area contributed by atoms with Crippen LogP contribution in [-0.2, 0) is 0 Å². The van der Waals surface area contributed by atoms with Crippen LogP contribution in [0.5, 0.6) is 0 Å². The van der Waals surface area contributed by atoms with E-state index in [9.17, 15) is 18.4 Å². The van der Waals surface area contributed by atoms with Gasteiger partial charge in [0.1, 0.15) is 5.54 Å². The van der Waals surface area contributed by atoms with Crippen molar-refractivity contribution in [1.82, 2.24) is 10.2 Å². The van der Waals surface area contributed by atoms with Gasteiger partial charge in [0.25, 0.3) is 0 Å². The summed E-state index contributed by atoms with van der Waals surface area (Å²) in [7, 11) is 0. The zero-order valence-corrected chi connectivity index (χ0v) is 11.7. The average molecular weight is 277 g/mol. The molecule has 110 valence electrons. The van der Waals surface area contributed by atoms with E-state index >= 15 is 0 Å². The van der Waals surface area contributed by atoms with Gasteiger partial charge in [0.15, 0.2) is 0 Å². The summed E-state index contributed by atoms with van der Waals surface area (Å²) in [5.74, 6) is 0. The fourth-order valence-electron chi connectivity index (χ4n) is 2.51. The van der Waals surface area contributed by atoms with Crippen molar-refractivity contribution >= 4 is 0 Å². The van der Waals surface area contributed by atoms with E-state index in [1.54, 1.807) is 13.8 Å². The van der Waals surface area contributed by atoms with Gasteiger partial charge in [0.05, 0.1) is 12.6 Å². The molecule has 1 aliphatic rings. The quantitative estimate of drug-likeness (QED) is 0.777. The molecule has 0 amide bonds. The van der Waals surface area contributed by atoms with Gasteiger partial charge in [-0.1, -0.05) is 6.92 Å². The molecule has 2 unspecified atom stereocenters. The highest BCUT2D eigenvalue weighted by molar-refractivity contribution is 5.06. The van der Waals surface area contributed by atoms with Gasteiger partial charge in [0.2, 0.25) is 0 Å². The molecule has 0 aromatic carbocycles. The number of nitriles is 1. The van der Waals surface area contributed by atoms with Crippen molar-refractivity contribution in [3.8, 4) is 6.07 Å². The molecule has 0 aliphatic heterocycles. The first-order chi connectivity index (χ1) is 8.71. The van der Waals surface area contributed by atoms with Crippen LogP contribution in [-0.4, -0.2) is 41.8 Å². The molecule has 0 aromatic rings. The maximum Gasteiger partial charge on any atom is 0.401 e. The van der Waals surface area contributed by atoms with Crippen molar-refractivity contribution in [2.75, 3.05) is 13.1 Å². The number of nitrogens with one attached hydrogen (secondary N) is 1. The lowest BCUT2D eigenvalue weighted by molar-refractivity contribution is -0.152. The highest BCUT2D eigenvalue weighted by atomic mass is 19.4. The van der Waals surface area contributed by atoms with Crippen LogP contribution in [0, 0.1) is 11.3 Å². The van der Waals surface area contributed by atoms with Crippen LogP contribution in [0.2, 0.25) is 0 Å². The van der Waals surface area contributed by atoms with Gasteiger partial charge in [-0.15, -0.1) is 0 Å². The molecule has 6 heteroatoms. The Hall–Kier alpha value is -0.800. The van der Waals surface area contributed by atoms with E-state index < -0.39 is 18.3 Å². The molecule has 0 spiro atoms. The van der Waals surface area contributed by atoms with Crippen LogP contribution in [0.25, 0.3) is 0 Å². The monoisotopic (exact) mass is 277 g/mol. The Morgan fingerprint density at radius 3 is 2.37 bits per heavy atom. The summed E-state index contributed by atoms with van der Waals surface area (Å²) < 4.78 is 37.8. The van der Waals surface area contributed by atoms with Crippen molar-refractivity contribution in [3.63, 3.8) is 0 Å². The normalized spacial score (nSPS) is 20.9. The molecule has 1 saturated carbocycles. The van der Waals surface area contributed by atoms with Gasteiger partial charge in [0, 0.05) is 12.1 Å². The molecule has 2 atom stereocenters. The van der Waals surface area contributed by atoms with Crippen molar-refractivity contribution in [2.24, 2.45) is 0 Å². The topological polar surface area (TPSA) is 39.1 Å².